The molecular weight excluding hydrogens is 550 g/mol. The molecule has 2 aliphatic heterocycles. The minimum absolute atomic E-state index is 0.00584. The maximum absolute atomic E-state index is 13.2. The zero-order chi connectivity index (χ0) is 30.5. The van der Waals surface area contributed by atoms with Crippen molar-refractivity contribution in [2.75, 3.05) is 6.54 Å². The first-order valence-electron chi connectivity index (χ1n) is 15.3. The van der Waals surface area contributed by atoms with Crippen LogP contribution in [0.1, 0.15) is 82.5 Å². The van der Waals surface area contributed by atoms with Crippen LogP contribution in [-0.4, -0.2) is 69.6 Å². The predicted octanol–water partition coefficient (Wildman–Crippen LogP) is 2.68. The summed E-state index contributed by atoms with van der Waals surface area (Å²) in [5, 5.41) is 18.5. The molecule has 3 aliphatic rings. The fraction of sp³-hybridized carbons (Fsp3) is 0.531. The molecule has 11 heteroatoms. The number of ether oxygens (including phenoxy) is 1. The molecule has 230 valence electrons. The zero-order valence-electron chi connectivity index (χ0n) is 24.8. The van der Waals surface area contributed by atoms with Gasteiger partial charge in [0.1, 0.15) is 12.1 Å². The van der Waals surface area contributed by atoms with Gasteiger partial charge in [0.15, 0.2) is 6.10 Å². The lowest BCUT2D eigenvalue weighted by atomic mass is 10.1. The summed E-state index contributed by atoms with van der Waals surface area (Å²) < 4.78 is 5.54. The zero-order valence-corrected chi connectivity index (χ0v) is 24.8. The Hall–Kier alpha value is -3.83. The van der Waals surface area contributed by atoms with Crippen molar-refractivity contribution in [1.82, 2.24) is 26.1 Å². The minimum Gasteiger partial charge on any atom is -0.452 e. The number of allylic oxidation sites excluding steroid dienone is 1. The Balaban J connectivity index is 1.35. The van der Waals surface area contributed by atoms with Crippen molar-refractivity contribution in [2.24, 2.45) is 5.92 Å². The van der Waals surface area contributed by atoms with Gasteiger partial charge in [0.05, 0.1) is 23.4 Å². The number of benzene rings is 1. The molecular formula is C32H41N5O6. The Morgan fingerprint density at radius 1 is 0.930 bits per heavy atom. The number of hydrogen-bond acceptors (Lipinski definition) is 8. The van der Waals surface area contributed by atoms with Crippen molar-refractivity contribution >= 4 is 40.7 Å². The highest BCUT2D eigenvalue weighted by molar-refractivity contribution is 5.91. The molecule has 5 atom stereocenters. The Morgan fingerprint density at radius 2 is 1.70 bits per heavy atom. The van der Waals surface area contributed by atoms with Crippen LogP contribution in [0, 0.1) is 5.92 Å². The third kappa shape index (κ3) is 7.97. The number of carbonyl (C=O) groups is 4. The number of cyclic esters (lactones) is 1. The van der Waals surface area contributed by atoms with Crippen LogP contribution in [0.4, 0.5) is 0 Å². The number of nitrogens with one attached hydrogen (secondary N) is 3. The first-order valence-corrected chi connectivity index (χ1v) is 15.3. The maximum atomic E-state index is 13.2. The fourth-order valence-electron chi connectivity index (χ4n) is 5.51. The van der Waals surface area contributed by atoms with Crippen LogP contribution in [0.2, 0.25) is 0 Å². The highest BCUT2D eigenvalue weighted by atomic mass is 16.5. The number of hydrogen-bond donors (Lipinski definition) is 4. The lowest BCUT2D eigenvalue weighted by molar-refractivity contribution is -0.158. The van der Waals surface area contributed by atoms with Gasteiger partial charge in [-0.05, 0) is 76.5 Å². The second kappa shape index (κ2) is 13.6. The lowest BCUT2D eigenvalue weighted by Gasteiger charge is -2.35. The van der Waals surface area contributed by atoms with E-state index in [2.05, 4.69) is 16.1 Å². The van der Waals surface area contributed by atoms with Gasteiger partial charge in [-0.1, -0.05) is 30.4 Å². The van der Waals surface area contributed by atoms with Crippen molar-refractivity contribution < 1.29 is 29.0 Å². The smallest absolute Gasteiger partial charge is 0.306 e. The quantitative estimate of drug-likeness (QED) is 0.370. The number of aliphatic hydroxyl groups is 1. The van der Waals surface area contributed by atoms with E-state index in [1.165, 1.54) is 5.01 Å². The Kier molecular flexibility index (Phi) is 9.72. The topological polar surface area (TPSA) is 150 Å². The van der Waals surface area contributed by atoms with E-state index in [-0.39, 0.29) is 36.6 Å². The number of pyridine rings is 1. The molecule has 2 aromatic rings. The molecule has 43 heavy (non-hydrogen) atoms. The summed E-state index contributed by atoms with van der Waals surface area (Å²) in [6.45, 7) is 3.85. The summed E-state index contributed by atoms with van der Waals surface area (Å²) >= 11 is 0. The number of rotatable bonds is 1. The molecule has 0 radical (unpaired) electrons. The standard InChI is InChI=1S/C32H41N5O6/c1-19-25-15-13-22-10-9-21(18-27(22)35-25)6-3-4-7-24(38)14-16-28(39)43-29(23-11-12-23)31(41)34-20(2)32(42)37-17-5-8-26(36-37)30(40)33-19/h3,6,9-10,13,15,18-20,23-24,26,29,36,38H,4-5,7-8,11-12,14,16-17H2,1-2H3,(H,33,40)(H,34,41)/b6-3+/t19-,20+,24+,26+,29+/m1/s1. The lowest BCUT2D eigenvalue weighted by Crippen LogP contribution is -2.61. The van der Waals surface area contributed by atoms with E-state index < -0.39 is 36.2 Å². The molecule has 3 amide bonds. The fourth-order valence-corrected chi connectivity index (χ4v) is 5.51. The predicted molar refractivity (Wildman–Crippen MR) is 160 cm³/mol. The van der Waals surface area contributed by atoms with Crippen molar-refractivity contribution in [3.05, 3.63) is 47.7 Å². The Labute approximate surface area is 251 Å². The van der Waals surface area contributed by atoms with E-state index in [1.807, 2.05) is 49.4 Å². The number of carbonyl (C=O) groups excluding carboxylic acids is 4. The molecule has 5 bridgehead atoms. The summed E-state index contributed by atoms with van der Waals surface area (Å²) in [6, 6.07) is 7.98. The number of nitrogens with zero attached hydrogens (tertiary/aromatic N) is 2. The third-order valence-electron chi connectivity index (χ3n) is 8.26. The normalized spacial score (nSPS) is 29.4. The summed E-state index contributed by atoms with van der Waals surface area (Å²) in [5.74, 6) is -1.76. The number of aliphatic hydroxyl groups excluding tert-OH is 1. The summed E-state index contributed by atoms with van der Waals surface area (Å²) in [7, 11) is 0. The van der Waals surface area contributed by atoms with Gasteiger partial charge in [0.2, 0.25) is 5.91 Å². The molecule has 1 aliphatic carbocycles. The summed E-state index contributed by atoms with van der Waals surface area (Å²) in [5.41, 5.74) is 5.52. The molecule has 11 nitrogen and oxygen atoms in total. The first-order chi connectivity index (χ1) is 20.7. The van der Waals surface area contributed by atoms with Gasteiger partial charge in [-0.2, -0.15) is 0 Å². The highest BCUT2D eigenvalue weighted by Gasteiger charge is 2.40. The van der Waals surface area contributed by atoms with Crippen LogP contribution in [-0.2, 0) is 23.9 Å². The summed E-state index contributed by atoms with van der Waals surface area (Å²) in [6.07, 6.45) is 6.32. The van der Waals surface area contributed by atoms with E-state index in [0.717, 1.165) is 35.0 Å². The van der Waals surface area contributed by atoms with E-state index >= 15 is 0 Å². The summed E-state index contributed by atoms with van der Waals surface area (Å²) in [4.78, 5) is 56.9. The van der Waals surface area contributed by atoms with Crippen LogP contribution in [0.15, 0.2) is 36.4 Å². The van der Waals surface area contributed by atoms with Gasteiger partial charge in [-0.15, -0.1) is 0 Å². The molecule has 5 rings (SSSR count). The van der Waals surface area contributed by atoms with Gasteiger partial charge in [-0.25, -0.2) is 5.43 Å². The van der Waals surface area contributed by atoms with E-state index in [0.29, 0.717) is 32.2 Å². The minimum atomic E-state index is -0.976. The largest absolute Gasteiger partial charge is 0.452 e. The van der Waals surface area contributed by atoms with Crippen molar-refractivity contribution in [2.45, 2.75) is 95.5 Å². The van der Waals surface area contributed by atoms with E-state index in [4.69, 9.17) is 9.72 Å². The first kappa shape index (κ1) is 30.6. The van der Waals surface area contributed by atoms with Crippen LogP contribution < -0.4 is 16.1 Å². The third-order valence-corrected chi connectivity index (χ3v) is 8.26. The van der Waals surface area contributed by atoms with Crippen LogP contribution >= 0.6 is 0 Å². The second-order valence-corrected chi connectivity index (χ2v) is 11.9. The van der Waals surface area contributed by atoms with Crippen LogP contribution in [0.5, 0.6) is 0 Å². The highest BCUT2D eigenvalue weighted by Crippen LogP contribution is 2.35. The van der Waals surface area contributed by atoms with Crippen LogP contribution in [0.25, 0.3) is 17.0 Å². The molecule has 3 heterocycles. The van der Waals surface area contributed by atoms with Gasteiger partial charge < -0.3 is 20.5 Å². The van der Waals surface area contributed by atoms with Crippen molar-refractivity contribution in [1.29, 1.82) is 0 Å². The number of amides is 3. The van der Waals surface area contributed by atoms with Gasteiger partial charge >= 0.3 is 5.97 Å². The number of aromatic nitrogens is 1. The molecule has 2 fully saturated rings. The average Bonchev–Trinajstić information content (AvgIpc) is 3.85. The molecule has 1 aromatic heterocycles. The second-order valence-electron chi connectivity index (χ2n) is 11.9. The van der Waals surface area contributed by atoms with E-state index in [1.54, 1.807) is 6.92 Å². The molecule has 0 unspecified atom stereocenters. The Bertz CT molecular complexity index is 1390. The van der Waals surface area contributed by atoms with Gasteiger partial charge in [0, 0.05) is 24.3 Å². The molecule has 1 saturated heterocycles. The SMILES string of the molecule is C[C@@H]1NC(=O)[C@H](C2CC2)OC(=O)CC[C@@H](O)CC/C=C/c2ccc3ccc(nc3c2)[C@@H](C)NC(=O)[C@@H]2CCCN(N2)C1=O. The molecule has 1 saturated carbocycles. The van der Waals surface area contributed by atoms with Gasteiger partial charge in [0.25, 0.3) is 11.8 Å². The average molecular weight is 592 g/mol. The van der Waals surface area contributed by atoms with Crippen LogP contribution in [0.3, 0.4) is 0 Å². The monoisotopic (exact) mass is 591 g/mol. The molecule has 1 aromatic carbocycles. The number of esters is 1. The van der Waals surface area contributed by atoms with Gasteiger partial charge in [-0.3, -0.25) is 29.2 Å². The Morgan fingerprint density at radius 3 is 2.49 bits per heavy atom. The molecule has 4 N–H and O–H groups in total. The molecule has 0 spiro atoms. The maximum Gasteiger partial charge on any atom is 0.306 e. The van der Waals surface area contributed by atoms with E-state index in [9.17, 15) is 24.3 Å². The number of fused-ring (bicyclic) bond motifs is 4. The van der Waals surface area contributed by atoms with Crippen molar-refractivity contribution in [3.63, 3.8) is 0 Å². The number of hydrazine groups is 1. The van der Waals surface area contributed by atoms with Crippen molar-refractivity contribution in [3.8, 4) is 0 Å².